The van der Waals surface area contributed by atoms with Gasteiger partial charge in [0.2, 0.25) is 17.8 Å². The van der Waals surface area contributed by atoms with E-state index < -0.39 is 52.9 Å². The molecule has 35 heteroatoms. The molecule has 0 radical (unpaired) electrons. The van der Waals surface area contributed by atoms with Gasteiger partial charge in [0.05, 0.1) is 58.9 Å². The van der Waals surface area contributed by atoms with E-state index in [0.29, 0.717) is 53.0 Å². The van der Waals surface area contributed by atoms with Gasteiger partial charge in [-0.05, 0) is 109 Å². The first-order chi connectivity index (χ1) is 56.5. The lowest BCUT2D eigenvalue weighted by atomic mass is 10.1. The van der Waals surface area contributed by atoms with E-state index in [0.717, 1.165) is 112 Å². The molecule has 0 spiro atoms. The SMILES string of the molecule is CCCCc1nc2c(N)nc3ccccc3c2n1Cc1ccc(CN)cc1.CCCCc1nc2c(N)nc3ccccc3c2n1Cc1ccc(CNC(=O)CCC(NC(=O)c2ccc(NCc3cnc4nc(N)[nH]c(=O)c4n3)cc2)C(=O)O)cc1.Nc1nc2ncc(CNc3ccc(C(=O)NC(CCC(=O)O)C(=O)O)cc3)nc2c(=O)[nH]1. The van der Waals surface area contributed by atoms with Crippen LogP contribution in [0.4, 0.5) is 34.9 Å². The van der Waals surface area contributed by atoms with Crippen LogP contribution in [0.3, 0.4) is 0 Å². The quantitative estimate of drug-likeness (QED) is 0.0195. The number of hydrogen-bond acceptors (Lipinski definition) is 25. The lowest BCUT2D eigenvalue weighted by Gasteiger charge is -2.15. The number of nitrogens with one attached hydrogen (secondary N) is 7. The summed E-state index contributed by atoms with van der Waals surface area (Å²) < 4.78 is 4.53. The van der Waals surface area contributed by atoms with E-state index in [2.05, 4.69) is 130 Å². The van der Waals surface area contributed by atoms with Crippen LogP contribution in [-0.2, 0) is 71.3 Å². The van der Waals surface area contributed by atoms with Crippen molar-refractivity contribution in [1.29, 1.82) is 0 Å². The number of rotatable bonds is 31. The summed E-state index contributed by atoms with van der Waals surface area (Å²) in [6.07, 6.45) is 8.10. The average Bonchev–Trinajstić information content (AvgIpc) is 1.60. The van der Waals surface area contributed by atoms with Crippen molar-refractivity contribution in [1.82, 2.24) is 84.9 Å². The Balaban J connectivity index is 0.000000179. The summed E-state index contributed by atoms with van der Waals surface area (Å²) in [4.78, 5) is 144. The van der Waals surface area contributed by atoms with Crippen molar-refractivity contribution < 1.29 is 44.1 Å². The number of carboxylic acids is 3. The summed E-state index contributed by atoms with van der Waals surface area (Å²) in [5, 5.41) is 43.6. The third-order valence-electron chi connectivity index (χ3n) is 19.1. The first-order valence-electron chi connectivity index (χ1n) is 37.7. The van der Waals surface area contributed by atoms with E-state index in [1.54, 1.807) is 24.3 Å². The predicted molar refractivity (Wildman–Crippen MR) is 443 cm³/mol. The molecule has 3 amide bonds. The van der Waals surface area contributed by atoms with Crippen LogP contribution in [0, 0.1) is 0 Å². The number of anilines is 6. The molecule has 0 aliphatic carbocycles. The second-order valence-corrected chi connectivity index (χ2v) is 27.5. The number of imidazole rings is 2. The first kappa shape index (κ1) is 81.6. The Hall–Kier alpha value is -14.9. The number of carboxylic acid groups (broad SMARTS) is 3. The minimum absolute atomic E-state index is 0.0522. The van der Waals surface area contributed by atoms with Crippen molar-refractivity contribution in [3.63, 3.8) is 0 Å². The molecule has 600 valence electrons. The van der Waals surface area contributed by atoms with Crippen LogP contribution in [0.25, 0.3) is 66.2 Å². The van der Waals surface area contributed by atoms with Crippen LogP contribution >= 0.6 is 0 Å². The summed E-state index contributed by atoms with van der Waals surface area (Å²) in [5.74, 6) is -2.47. The molecule has 0 fully saturated rings. The predicted octanol–water partition coefficient (Wildman–Crippen LogP) is 8.03. The monoisotopic (exact) mass is 1580 g/mol. The molecule has 14 rings (SSSR count). The number of H-pyrrole nitrogens is 2. The standard InChI is InChI=1S/C41H42N12O5.C22H25N5.C19H19N7O6/c1-2-3-8-31-50-33-35(28-6-4-5-7-29(28)48-36(33)42)53(31)22-24-11-9-23(10-12-24)19-45-32(54)18-17-30(40(57)58)49-38(55)25-13-15-26(16-14-25)44-20-27-21-46-37-34(47-27)39(56)52-41(43)51-37;1-2-3-8-19-26-20-21(17-6-4-5-7-18(17)25-22(20)24)27(19)14-16-11-9-15(13-23)10-12-16;20-19-25-15-14(17(30)26-19)23-11(8-22-15)7-21-10-3-1-9(2-4-10)16(29)24-12(18(31)32)5-6-13(27)28/h4-7,9-16,21,30,44H,2-3,8,17-20,22H2,1H3,(H2,42,48)(H,45,54)(H,49,55)(H,57,58)(H3,43,46,51,52,56);4-7,9-12H,2-3,8,13-14,23H2,1H3,(H2,24,25);1-4,8,12,21H,5-7H2,(H,24,29)(H,27,28)(H,31,32)(H3,20,22,25,26,30). The molecule has 8 heterocycles. The van der Waals surface area contributed by atoms with Gasteiger partial charge in [0.25, 0.3) is 22.9 Å². The molecule has 6 aromatic carbocycles. The Labute approximate surface area is 666 Å². The highest BCUT2D eigenvalue weighted by atomic mass is 16.4. The van der Waals surface area contributed by atoms with Crippen LogP contribution in [0.2, 0.25) is 0 Å². The molecule has 0 bridgehead atoms. The number of carbonyl (C=O) groups excluding carboxylic acids is 3. The summed E-state index contributed by atoms with van der Waals surface area (Å²) in [7, 11) is 0. The zero-order chi connectivity index (χ0) is 82.8. The molecule has 14 aromatic rings. The summed E-state index contributed by atoms with van der Waals surface area (Å²) in [5.41, 5.74) is 41.0. The third-order valence-corrected chi connectivity index (χ3v) is 19.1. The van der Waals surface area contributed by atoms with Crippen LogP contribution < -0.4 is 66.4 Å². The highest BCUT2D eigenvalue weighted by molar-refractivity contribution is 6.08. The largest absolute Gasteiger partial charge is 0.481 e. The van der Waals surface area contributed by atoms with Gasteiger partial charge >= 0.3 is 17.9 Å². The molecule has 20 N–H and O–H groups in total. The number of amides is 3. The second kappa shape index (κ2) is 37.6. The average molecular weight is 1580 g/mol. The van der Waals surface area contributed by atoms with E-state index >= 15 is 0 Å². The first-order valence-corrected chi connectivity index (χ1v) is 37.7. The van der Waals surface area contributed by atoms with Crippen molar-refractivity contribution >= 4 is 137 Å². The molecule has 0 saturated carbocycles. The van der Waals surface area contributed by atoms with Crippen LogP contribution in [-0.4, -0.2) is 132 Å². The Kier molecular flexibility index (Phi) is 26.2. The molecule has 0 aliphatic rings. The highest BCUT2D eigenvalue weighted by Crippen LogP contribution is 2.33. The normalized spacial score (nSPS) is 11.7. The summed E-state index contributed by atoms with van der Waals surface area (Å²) in [6.45, 7) is 6.96. The van der Waals surface area contributed by atoms with E-state index in [4.69, 9.17) is 48.8 Å². The van der Waals surface area contributed by atoms with E-state index in [1.165, 1.54) is 42.2 Å². The van der Waals surface area contributed by atoms with E-state index in [1.807, 2.05) is 66.7 Å². The number of benzene rings is 6. The van der Waals surface area contributed by atoms with E-state index in [9.17, 15) is 43.5 Å². The Bertz CT molecular complexity index is 6120. The van der Waals surface area contributed by atoms with Gasteiger partial charge in [-0.3, -0.25) is 38.7 Å². The zero-order valence-corrected chi connectivity index (χ0v) is 63.8. The van der Waals surface area contributed by atoms with Gasteiger partial charge in [0, 0.05) is 85.1 Å². The number of pyridine rings is 2. The number of nitrogen functional groups attached to an aromatic ring is 4. The fraction of sp³-hybridized carbons (Fsp3) is 0.244. The fourth-order valence-electron chi connectivity index (χ4n) is 12.9. The number of nitrogens with zero attached hydrogens (tertiary/aromatic N) is 12. The summed E-state index contributed by atoms with van der Waals surface area (Å²) >= 11 is 0. The van der Waals surface area contributed by atoms with Crippen molar-refractivity contribution in [3.05, 3.63) is 235 Å². The van der Waals surface area contributed by atoms with Crippen molar-refractivity contribution in [2.24, 2.45) is 5.73 Å². The Morgan fingerprint density at radius 3 is 1.29 bits per heavy atom. The van der Waals surface area contributed by atoms with Gasteiger partial charge in [-0.2, -0.15) is 9.97 Å². The maximum atomic E-state index is 12.9. The van der Waals surface area contributed by atoms with Crippen LogP contribution in [0.15, 0.2) is 168 Å². The minimum atomic E-state index is -1.31. The Morgan fingerprint density at radius 1 is 0.470 bits per heavy atom. The van der Waals surface area contributed by atoms with Crippen molar-refractivity contribution in [3.8, 4) is 0 Å². The number of para-hydroxylation sites is 2. The third kappa shape index (κ3) is 20.5. The van der Waals surface area contributed by atoms with Gasteiger partial charge in [0.15, 0.2) is 34.0 Å². The number of hydrogen-bond donors (Lipinski definition) is 15. The number of aromatic nitrogens is 14. The van der Waals surface area contributed by atoms with Crippen molar-refractivity contribution in [2.75, 3.05) is 33.6 Å². The van der Waals surface area contributed by atoms with Gasteiger partial charge in [-0.25, -0.2) is 49.5 Å². The highest BCUT2D eigenvalue weighted by Gasteiger charge is 2.25. The molecule has 2 atom stereocenters. The Morgan fingerprint density at radius 2 is 0.880 bits per heavy atom. The molecule has 35 nitrogen and oxygen atoms in total. The zero-order valence-electron chi connectivity index (χ0n) is 63.8. The summed E-state index contributed by atoms with van der Waals surface area (Å²) in [6, 6.07) is 42.4. The number of aryl methyl sites for hydroxylation is 2. The molecule has 2 unspecified atom stereocenters. The van der Waals surface area contributed by atoms with E-state index in [-0.39, 0.29) is 96.6 Å². The minimum Gasteiger partial charge on any atom is -0.481 e. The van der Waals surface area contributed by atoms with Crippen molar-refractivity contribution in [2.45, 2.75) is 129 Å². The maximum absolute atomic E-state index is 12.9. The number of aliphatic carboxylic acids is 3. The van der Waals surface area contributed by atoms with Gasteiger partial charge < -0.3 is 79.7 Å². The molecular formula is C82H86N24O11. The molecule has 117 heavy (non-hydrogen) atoms. The molecule has 8 aromatic heterocycles. The smallest absolute Gasteiger partial charge is 0.326 e. The fourth-order valence-corrected chi connectivity index (χ4v) is 12.9. The molecule has 0 aliphatic heterocycles. The lowest BCUT2D eigenvalue weighted by Crippen LogP contribution is -2.41. The number of carbonyl (C=O) groups is 6. The number of unbranched alkanes of at least 4 members (excludes halogenated alkanes) is 2. The van der Waals surface area contributed by atoms with Crippen LogP contribution in [0.1, 0.15) is 131 Å². The molecule has 0 saturated heterocycles. The topological polar surface area (TPSA) is 558 Å². The number of aromatic amines is 2. The van der Waals surface area contributed by atoms with Gasteiger partial charge in [-0.1, -0.05) is 112 Å². The number of fused-ring (bicyclic) bond motifs is 8. The lowest BCUT2D eigenvalue weighted by molar-refractivity contribution is -0.141. The number of nitrogens with two attached hydrogens (primary N) is 5. The van der Waals surface area contributed by atoms with Gasteiger partial charge in [-0.15, -0.1) is 0 Å². The van der Waals surface area contributed by atoms with Gasteiger partial charge in [0.1, 0.15) is 34.8 Å². The van der Waals surface area contributed by atoms with Crippen LogP contribution in [0.5, 0.6) is 0 Å². The second-order valence-electron chi connectivity index (χ2n) is 27.5. The molecular weight excluding hydrogens is 1500 g/mol. The maximum Gasteiger partial charge on any atom is 0.326 e.